The number of hydrogen-bond acceptors (Lipinski definition) is 3. The number of amides is 3. The lowest BCUT2D eigenvalue weighted by molar-refractivity contribution is -0.125. The third-order valence-electron chi connectivity index (χ3n) is 3.08. The Hall–Kier alpha value is -1.36. The molecule has 5 heteroatoms. The van der Waals surface area contributed by atoms with Crippen molar-refractivity contribution in [1.82, 2.24) is 10.2 Å². The summed E-state index contributed by atoms with van der Waals surface area (Å²) in [6, 6.07) is 3.80. The van der Waals surface area contributed by atoms with Crippen LogP contribution < -0.4 is 5.32 Å². The summed E-state index contributed by atoms with van der Waals surface area (Å²) in [5, 5.41) is 2.35. The molecule has 92 valence electrons. The van der Waals surface area contributed by atoms with Gasteiger partial charge >= 0.3 is 6.03 Å². The van der Waals surface area contributed by atoms with Gasteiger partial charge in [-0.15, -0.1) is 11.3 Å². The summed E-state index contributed by atoms with van der Waals surface area (Å²) in [4.78, 5) is 27.3. The first-order chi connectivity index (χ1) is 7.95. The van der Waals surface area contributed by atoms with E-state index < -0.39 is 5.54 Å². The molecule has 1 fully saturated rings. The highest BCUT2D eigenvalue weighted by molar-refractivity contribution is 7.11. The highest BCUT2D eigenvalue weighted by Gasteiger charge is 2.45. The standard InChI is InChI=1S/C12H16N2O2S/c1-4-8-5-6-9(17-8)7-14-11(16)13-10(15)12(14,2)3/h5-6H,4,7H2,1-3H3,(H,13,15,16). The number of carbonyl (C=O) groups excluding carboxylic acids is 2. The molecule has 2 heterocycles. The average molecular weight is 252 g/mol. The maximum Gasteiger partial charge on any atom is 0.325 e. The van der Waals surface area contributed by atoms with Gasteiger partial charge in [0.05, 0.1) is 6.54 Å². The van der Waals surface area contributed by atoms with Gasteiger partial charge in [-0.3, -0.25) is 10.1 Å². The Morgan fingerprint density at radius 1 is 1.29 bits per heavy atom. The lowest BCUT2D eigenvalue weighted by Crippen LogP contribution is -2.43. The summed E-state index contributed by atoms with van der Waals surface area (Å²) in [6.45, 7) is 6.13. The molecule has 2 rings (SSSR count). The molecule has 0 saturated carbocycles. The molecule has 1 aromatic rings. The van der Waals surface area contributed by atoms with E-state index in [4.69, 9.17) is 0 Å². The Labute approximate surface area is 105 Å². The summed E-state index contributed by atoms with van der Waals surface area (Å²) in [7, 11) is 0. The second-order valence-electron chi connectivity index (χ2n) is 4.63. The Morgan fingerprint density at radius 2 is 1.94 bits per heavy atom. The van der Waals surface area contributed by atoms with Crippen LogP contribution in [-0.4, -0.2) is 22.4 Å². The molecule has 0 radical (unpaired) electrons. The fraction of sp³-hybridized carbons (Fsp3) is 0.500. The molecule has 0 unspecified atom stereocenters. The number of aryl methyl sites for hydroxylation is 1. The van der Waals surface area contributed by atoms with Crippen molar-refractivity contribution in [3.63, 3.8) is 0 Å². The van der Waals surface area contributed by atoms with Crippen molar-refractivity contribution in [3.05, 3.63) is 21.9 Å². The van der Waals surface area contributed by atoms with Crippen LogP contribution in [0, 0.1) is 0 Å². The topological polar surface area (TPSA) is 49.4 Å². The molecular weight excluding hydrogens is 236 g/mol. The molecule has 0 aromatic carbocycles. The van der Waals surface area contributed by atoms with E-state index in [0.29, 0.717) is 6.54 Å². The first kappa shape index (κ1) is 12.1. The maximum atomic E-state index is 11.7. The van der Waals surface area contributed by atoms with E-state index in [1.54, 1.807) is 30.1 Å². The fourth-order valence-corrected chi connectivity index (χ4v) is 2.76. The van der Waals surface area contributed by atoms with Gasteiger partial charge in [-0.25, -0.2) is 4.79 Å². The molecule has 1 aliphatic rings. The van der Waals surface area contributed by atoms with Gasteiger partial charge in [0.1, 0.15) is 5.54 Å². The largest absolute Gasteiger partial charge is 0.325 e. The smallest absolute Gasteiger partial charge is 0.305 e. The Kier molecular flexibility index (Phi) is 2.95. The second-order valence-corrected chi connectivity index (χ2v) is 5.88. The predicted molar refractivity (Wildman–Crippen MR) is 66.9 cm³/mol. The molecule has 0 bridgehead atoms. The van der Waals surface area contributed by atoms with Crippen molar-refractivity contribution in [3.8, 4) is 0 Å². The van der Waals surface area contributed by atoms with Crippen molar-refractivity contribution in [2.75, 3.05) is 0 Å². The van der Waals surface area contributed by atoms with Gasteiger partial charge in [0, 0.05) is 9.75 Å². The fourth-order valence-electron chi connectivity index (χ4n) is 1.82. The van der Waals surface area contributed by atoms with Crippen molar-refractivity contribution >= 4 is 23.3 Å². The maximum absolute atomic E-state index is 11.7. The van der Waals surface area contributed by atoms with Crippen molar-refractivity contribution in [1.29, 1.82) is 0 Å². The minimum Gasteiger partial charge on any atom is -0.305 e. The Balaban J connectivity index is 2.18. The molecule has 17 heavy (non-hydrogen) atoms. The molecule has 1 aromatic heterocycles. The zero-order chi connectivity index (χ0) is 12.6. The number of thiophene rings is 1. The van der Waals surface area contributed by atoms with E-state index in [0.717, 1.165) is 11.3 Å². The number of rotatable bonds is 3. The van der Waals surface area contributed by atoms with Crippen LogP contribution in [0.5, 0.6) is 0 Å². The molecule has 4 nitrogen and oxygen atoms in total. The first-order valence-electron chi connectivity index (χ1n) is 5.65. The first-order valence-corrected chi connectivity index (χ1v) is 6.47. The summed E-state index contributed by atoms with van der Waals surface area (Å²) < 4.78 is 0. The molecule has 0 aliphatic carbocycles. The summed E-state index contributed by atoms with van der Waals surface area (Å²) in [5.41, 5.74) is -0.756. The molecule has 3 amide bonds. The van der Waals surface area contributed by atoms with Gasteiger partial charge in [-0.05, 0) is 32.4 Å². The van der Waals surface area contributed by atoms with E-state index in [-0.39, 0.29) is 11.9 Å². The zero-order valence-electron chi connectivity index (χ0n) is 10.2. The molecule has 1 aliphatic heterocycles. The number of carbonyl (C=O) groups is 2. The van der Waals surface area contributed by atoms with Crippen LogP contribution in [0.4, 0.5) is 4.79 Å². The minimum absolute atomic E-state index is 0.227. The highest BCUT2D eigenvalue weighted by atomic mass is 32.1. The minimum atomic E-state index is -0.756. The quantitative estimate of drug-likeness (QED) is 0.838. The van der Waals surface area contributed by atoms with Gasteiger partial charge in [-0.1, -0.05) is 6.92 Å². The van der Waals surface area contributed by atoms with Crippen molar-refractivity contribution < 1.29 is 9.59 Å². The lowest BCUT2D eigenvalue weighted by Gasteiger charge is -2.27. The van der Waals surface area contributed by atoms with Gasteiger partial charge in [-0.2, -0.15) is 0 Å². The number of nitrogens with zero attached hydrogens (tertiary/aromatic N) is 1. The van der Waals surface area contributed by atoms with Crippen LogP contribution in [0.15, 0.2) is 12.1 Å². The second kappa shape index (κ2) is 4.14. The third-order valence-corrected chi connectivity index (χ3v) is 4.29. The predicted octanol–water partition coefficient (Wildman–Crippen LogP) is 2.14. The molecule has 1 saturated heterocycles. The van der Waals surface area contributed by atoms with E-state index in [9.17, 15) is 9.59 Å². The summed E-state index contributed by atoms with van der Waals surface area (Å²) in [6.07, 6.45) is 0.999. The average Bonchev–Trinajstić information content (AvgIpc) is 2.79. The lowest BCUT2D eigenvalue weighted by atomic mass is 10.0. The molecule has 1 N–H and O–H groups in total. The Bertz CT molecular complexity index is 465. The van der Waals surface area contributed by atoms with Gasteiger partial charge in [0.25, 0.3) is 5.91 Å². The normalized spacial score (nSPS) is 18.6. The van der Waals surface area contributed by atoms with Crippen LogP contribution in [0.3, 0.4) is 0 Å². The summed E-state index contributed by atoms with van der Waals surface area (Å²) >= 11 is 1.69. The Morgan fingerprint density at radius 3 is 2.41 bits per heavy atom. The third kappa shape index (κ3) is 2.07. The zero-order valence-corrected chi connectivity index (χ0v) is 11.1. The number of imide groups is 1. The number of hydrogen-bond donors (Lipinski definition) is 1. The van der Waals surface area contributed by atoms with Gasteiger partial charge in [0.2, 0.25) is 0 Å². The number of nitrogens with one attached hydrogen (secondary N) is 1. The monoisotopic (exact) mass is 252 g/mol. The van der Waals surface area contributed by atoms with Crippen molar-refractivity contribution in [2.45, 2.75) is 39.3 Å². The van der Waals surface area contributed by atoms with Crippen LogP contribution in [-0.2, 0) is 17.8 Å². The highest BCUT2D eigenvalue weighted by Crippen LogP contribution is 2.26. The number of urea groups is 1. The van der Waals surface area contributed by atoms with E-state index >= 15 is 0 Å². The van der Waals surface area contributed by atoms with Crippen LogP contribution >= 0.6 is 11.3 Å². The van der Waals surface area contributed by atoms with Crippen LogP contribution in [0.25, 0.3) is 0 Å². The van der Waals surface area contributed by atoms with E-state index in [2.05, 4.69) is 18.3 Å². The summed E-state index contributed by atoms with van der Waals surface area (Å²) in [5.74, 6) is -0.227. The van der Waals surface area contributed by atoms with Crippen LogP contribution in [0.2, 0.25) is 0 Å². The van der Waals surface area contributed by atoms with E-state index in [1.807, 2.05) is 6.07 Å². The van der Waals surface area contributed by atoms with Gasteiger partial charge < -0.3 is 4.90 Å². The molecular formula is C12H16N2O2S. The molecule has 0 spiro atoms. The SMILES string of the molecule is CCc1ccc(CN2C(=O)NC(=O)C2(C)C)s1. The van der Waals surface area contributed by atoms with Crippen molar-refractivity contribution in [2.24, 2.45) is 0 Å². The molecule has 0 atom stereocenters. The van der Waals surface area contributed by atoms with Crippen LogP contribution in [0.1, 0.15) is 30.5 Å². The van der Waals surface area contributed by atoms with Gasteiger partial charge in [0.15, 0.2) is 0 Å². The van der Waals surface area contributed by atoms with E-state index in [1.165, 1.54) is 4.88 Å².